The molecule has 1 N–H and O–H groups in total. The largest absolute Gasteiger partial charge is 0.454 e. The van der Waals surface area contributed by atoms with Crippen LogP contribution in [0.5, 0.6) is 11.5 Å². The van der Waals surface area contributed by atoms with Gasteiger partial charge in [-0.3, -0.25) is 9.78 Å². The van der Waals surface area contributed by atoms with Gasteiger partial charge < -0.3 is 19.5 Å². The van der Waals surface area contributed by atoms with Gasteiger partial charge in [0.25, 0.3) is 5.91 Å². The second-order valence-corrected chi connectivity index (χ2v) is 7.01. The van der Waals surface area contributed by atoms with Crippen LogP contribution in [0.2, 0.25) is 0 Å². The third kappa shape index (κ3) is 3.93. The van der Waals surface area contributed by atoms with E-state index in [9.17, 15) is 9.59 Å². The summed E-state index contributed by atoms with van der Waals surface area (Å²) in [6.45, 7) is -0.294. The van der Waals surface area contributed by atoms with Gasteiger partial charge in [0.1, 0.15) is 0 Å². The van der Waals surface area contributed by atoms with Crippen molar-refractivity contribution in [2.45, 2.75) is 0 Å². The molecule has 0 radical (unpaired) electrons. The number of ether oxygens (including phenoxy) is 3. The number of nitrogens with one attached hydrogen (secondary N) is 1. The van der Waals surface area contributed by atoms with E-state index in [1.165, 1.54) is 0 Å². The first kappa shape index (κ1) is 19.5. The van der Waals surface area contributed by atoms with E-state index in [1.54, 1.807) is 48.8 Å². The minimum Gasteiger partial charge on any atom is -0.454 e. The Morgan fingerprint density at radius 3 is 2.75 bits per heavy atom. The number of esters is 1. The Balaban J connectivity index is 1.33. The molecular weight excluding hydrogens is 410 g/mol. The minimum absolute atomic E-state index is 0.144. The van der Waals surface area contributed by atoms with E-state index >= 15 is 0 Å². The second-order valence-electron chi connectivity index (χ2n) is 7.01. The Hall–Kier alpha value is -4.46. The Morgan fingerprint density at radius 1 is 1.00 bits per heavy atom. The average molecular weight is 427 g/mol. The fourth-order valence-corrected chi connectivity index (χ4v) is 3.39. The number of para-hydroxylation sites is 1. The monoisotopic (exact) mass is 427 g/mol. The summed E-state index contributed by atoms with van der Waals surface area (Å²) >= 11 is 0. The smallest absolute Gasteiger partial charge is 0.339 e. The maximum absolute atomic E-state index is 12.9. The van der Waals surface area contributed by atoms with Crippen LogP contribution in [0.1, 0.15) is 10.4 Å². The molecule has 0 fully saturated rings. The molecule has 2 aromatic carbocycles. The quantitative estimate of drug-likeness (QED) is 0.483. The van der Waals surface area contributed by atoms with Crippen LogP contribution in [0.25, 0.3) is 22.2 Å². The zero-order valence-corrected chi connectivity index (χ0v) is 16.8. The van der Waals surface area contributed by atoms with Gasteiger partial charge in [-0.1, -0.05) is 18.2 Å². The summed E-state index contributed by atoms with van der Waals surface area (Å²) in [7, 11) is 0. The predicted molar refractivity (Wildman–Crippen MR) is 116 cm³/mol. The summed E-state index contributed by atoms with van der Waals surface area (Å²) in [5.41, 5.74) is 2.85. The van der Waals surface area contributed by atoms with E-state index in [0.717, 1.165) is 5.56 Å². The normalized spacial score (nSPS) is 11.9. The molecule has 5 rings (SSSR count). The molecule has 8 nitrogen and oxygen atoms in total. The van der Waals surface area contributed by atoms with Crippen molar-refractivity contribution in [3.05, 3.63) is 78.6 Å². The van der Waals surface area contributed by atoms with Crippen LogP contribution in [-0.2, 0) is 9.53 Å². The Bertz CT molecular complexity index is 1320. The molecule has 1 aliphatic rings. The van der Waals surface area contributed by atoms with Gasteiger partial charge in [-0.15, -0.1) is 0 Å². The number of hydrogen-bond acceptors (Lipinski definition) is 7. The van der Waals surface area contributed by atoms with Crippen LogP contribution < -0.4 is 14.8 Å². The zero-order chi connectivity index (χ0) is 21.9. The molecule has 2 aromatic heterocycles. The molecule has 0 unspecified atom stereocenters. The number of fused-ring (bicyclic) bond motifs is 2. The number of carbonyl (C=O) groups is 2. The number of anilines is 1. The van der Waals surface area contributed by atoms with Crippen molar-refractivity contribution < 1.29 is 23.8 Å². The average Bonchev–Trinajstić information content (AvgIpc) is 3.30. The highest BCUT2D eigenvalue weighted by Crippen LogP contribution is 2.34. The molecule has 1 amide bonds. The van der Waals surface area contributed by atoms with Crippen LogP contribution in [0, 0.1) is 0 Å². The van der Waals surface area contributed by atoms with Crippen molar-refractivity contribution in [3.8, 4) is 22.8 Å². The van der Waals surface area contributed by atoms with Crippen LogP contribution in [-0.4, -0.2) is 35.2 Å². The third-order valence-corrected chi connectivity index (χ3v) is 4.88. The number of hydrogen-bond donors (Lipinski definition) is 1. The molecule has 0 spiro atoms. The maximum Gasteiger partial charge on any atom is 0.339 e. The highest BCUT2D eigenvalue weighted by molar-refractivity contribution is 6.05. The van der Waals surface area contributed by atoms with Crippen molar-refractivity contribution in [1.29, 1.82) is 0 Å². The lowest BCUT2D eigenvalue weighted by Crippen LogP contribution is -2.21. The first-order chi connectivity index (χ1) is 15.7. The highest BCUT2D eigenvalue weighted by atomic mass is 16.7. The summed E-state index contributed by atoms with van der Waals surface area (Å²) in [5, 5.41) is 3.32. The van der Waals surface area contributed by atoms with Crippen molar-refractivity contribution in [2.24, 2.45) is 0 Å². The Kier molecular flexibility index (Phi) is 5.09. The second kappa shape index (κ2) is 8.35. The van der Waals surface area contributed by atoms with Crippen molar-refractivity contribution >= 4 is 28.5 Å². The zero-order valence-electron chi connectivity index (χ0n) is 16.8. The predicted octanol–water partition coefficient (Wildman–Crippen LogP) is 3.82. The third-order valence-electron chi connectivity index (χ3n) is 4.88. The lowest BCUT2D eigenvalue weighted by atomic mass is 10.1. The van der Waals surface area contributed by atoms with Crippen LogP contribution in [0.4, 0.5) is 5.69 Å². The van der Waals surface area contributed by atoms with Crippen LogP contribution in [0.3, 0.4) is 0 Å². The fourth-order valence-electron chi connectivity index (χ4n) is 3.39. The van der Waals surface area contributed by atoms with Gasteiger partial charge in [0.2, 0.25) is 6.79 Å². The number of nitrogens with zero attached hydrogens (tertiary/aromatic N) is 2. The highest BCUT2D eigenvalue weighted by Gasteiger charge is 2.18. The maximum atomic E-state index is 12.9. The van der Waals surface area contributed by atoms with Gasteiger partial charge in [0.15, 0.2) is 18.1 Å². The summed E-state index contributed by atoms with van der Waals surface area (Å²) in [5.74, 6) is 0.0760. The number of pyridine rings is 2. The van der Waals surface area contributed by atoms with Gasteiger partial charge in [-0.2, -0.15) is 0 Å². The number of carbonyl (C=O) groups excluding carboxylic acids is 2. The van der Waals surface area contributed by atoms with Crippen molar-refractivity contribution in [2.75, 3.05) is 18.7 Å². The first-order valence-electron chi connectivity index (χ1n) is 9.84. The van der Waals surface area contributed by atoms with Gasteiger partial charge in [-0.25, -0.2) is 9.78 Å². The lowest BCUT2D eigenvalue weighted by Gasteiger charge is -2.10. The number of aromatic nitrogens is 2. The molecule has 8 heteroatoms. The van der Waals surface area contributed by atoms with E-state index in [4.69, 9.17) is 14.2 Å². The van der Waals surface area contributed by atoms with E-state index in [-0.39, 0.29) is 6.79 Å². The van der Waals surface area contributed by atoms with E-state index in [2.05, 4.69) is 15.3 Å². The van der Waals surface area contributed by atoms with E-state index in [0.29, 0.717) is 39.3 Å². The molecule has 1 aliphatic heterocycles. The van der Waals surface area contributed by atoms with Gasteiger partial charge in [0, 0.05) is 35.1 Å². The molecule has 158 valence electrons. The van der Waals surface area contributed by atoms with E-state index in [1.807, 2.05) is 24.3 Å². The molecule has 3 heterocycles. The molecule has 0 bridgehead atoms. The van der Waals surface area contributed by atoms with Gasteiger partial charge in [-0.05, 0) is 36.4 Å². The molecule has 0 saturated heterocycles. The molecule has 0 atom stereocenters. The SMILES string of the molecule is O=C(COC(=O)c1cc(-c2cccnc2)nc2ccccc12)Nc1ccc2c(c1)OCO2. The van der Waals surface area contributed by atoms with Crippen LogP contribution in [0.15, 0.2) is 73.1 Å². The van der Waals surface area contributed by atoms with E-state index < -0.39 is 18.5 Å². The topological polar surface area (TPSA) is 99.6 Å². The fraction of sp³-hybridized carbons (Fsp3) is 0.0833. The molecular formula is C24H17N3O5. The summed E-state index contributed by atoms with van der Waals surface area (Å²) in [6.07, 6.45) is 3.34. The number of benzene rings is 2. The Morgan fingerprint density at radius 2 is 1.88 bits per heavy atom. The molecule has 32 heavy (non-hydrogen) atoms. The summed E-state index contributed by atoms with van der Waals surface area (Å²) in [4.78, 5) is 33.9. The van der Waals surface area contributed by atoms with Crippen molar-refractivity contribution in [3.63, 3.8) is 0 Å². The van der Waals surface area contributed by atoms with Crippen molar-refractivity contribution in [1.82, 2.24) is 9.97 Å². The van der Waals surface area contributed by atoms with Crippen LogP contribution >= 0.6 is 0 Å². The lowest BCUT2D eigenvalue weighted by molar-refractivity contribution is -0.119. The molecule has 4 aromatic rings. The summed E-state index contributed by atoms with van der Waals surface area (Å²) < 4.78 is 15.8. The summed E-state index contributed by atoms with van der Waals surface area (Å²) in [6, 6.07) is 17.6. The standard InChI is InChI=1S/C24H17N3O5/c28-23(26-16-7-8-21-22(10-16)32-14-31-21)13-30-24(29)18-11-20(15-4-3-9-25-12-15)27-19-6-2-1-5-17(18)19/h1-12H,13-14H2,(H,26,28). The Labute approximate surface area is 182 Å². The number of rotatable bonds is 5. The minimum atomic E-state index is -0.616. The molecule has 0 saturated carbocycles. The van der Waals surface area contributed by atoms with Gasteiger partial charge >= 0.3 is 5.97 Å². The molecule has 0 aliphatic carbocycles. The van der Waals surface area contributed by atoms with Gasteiger partial charge in [0.05, 0.1) is 16.8 Å². The number of amides is 1. The first-order valence-corrected chi connectivity index (χ1v) is 9.84.